The summed E-state index contributed by atoms with van der Waals surface area (Å²) in [4.78, 5) is 30.3. The molecule has 1 saturated heterocycles. The summed E-state index contributed by atoms with van der Waals surface area (Å²) in [5.74, 6) is 0.334. The summed E-state index contributed by atoms with van der Waals surface area (Å²) < 4.78 is 11.1. The fourth-order valence-corrected chi connectivity index (χ4v) is 4.30. The van der Waals surface area contributed by atoms with Gasteiger partial charge in [0.1, 0.15) is 5.75 Å². The first-order valence-electron chi connectivity index (χ1n) is 12.0. The van der Waals surface area contributed by atoms with Crippen LogP contribution in [0.15, 0.2) is 35.5 Å². The molecule has 2 aliphatic heterocycles. The van der Waals surface area contributed by atoms with E-state index >= 15 is 0 Å². The Morgan fingerprint density at radius 2 is 1.76 bits per heavy atom. The van der Waals surface area contributed by atoms with Gasteiger partial charge in [-0.15, -0.1) is 0 Å². The maximum atomic E-state index is 13.0. The van der Waals surface area contributed by atoms with Crippen molar-refractivity contribution in [2.45, 2.75) is 59.2 Å². The monoisotopic (exact) mass is 458 g/mol. The van der Waals surface area contributed by atoms with E-state index in [9.17, 15) is 9.59 Å². The molecule has 3 rings (SSSR count). The third kappa shape index (κ3) is 6.48. The molecule has 182 valence electrons. The number of urea groups is 1. The van der Waals surface area contributed by atoms with Gasteiger partial charge in [0.2, 0.25) is 0 Å². The molecule has 2 atom stereocenters. The van der Waals surface area contributed by atoms with Crippen molar-refractivity contribution < 1.29 is 19.1 Å². The summed E-state index contributed by atoms with van der Waals surface area (Å²) in [6.45, 7) is 14.7. The SMILES string of the molecule is CCOC(=O)C1=C(CN2CCN([C@@H](C)CC)CC2)NC(=O)N[C@H]1c1ccc(OC(C)C)cc1. The van der Waals surface area contributed by atoms with Gasteiger partial charge in [-0.2, -0.15) is 0 Å². The highest BCUT2D eigenvalue weighted by atomic mass is 16.5. The van der Waals surface area contributed by atoms with Crippen LogP contribution in [0.2, 0.25) is 0 Å². The predicted molar refractivity (Wildman–Crippen MR) is 128 cm³/mol. The van der Waals surface area contributed by atoms with E-state index in [0.717, 1.165) is 43.9 Å². The van der Waals surface area contributed by atoms with E-state index in [1.165, 1.54) is 0 Å². The predicted octanol–water partition coefficient (Wildman–Crippen LogP) is 3.06. The van der Waals surface area contributed by atoms with Crippen LogP contribution in [0.3, 0.4) is 0 Å². The summed E-state index contributed by atoms with van der Waals surface area (Å²) in [6, 6.07) is 7.16. The minimum Gasteiger partial charge on any atom is -0.491 e. The average Bonchev–Trinajstić information content (AvgIpc) is 2.79. The zero-order valence-electron chi connectivity index (χ0n) is 20.5. The topological polar surface area (TPSA) is 83.1 Å². The normalized spacial score (nSPS) is 20.9. The molecule has 0 saturated carbocycles. The van der Waals surface area contributed by atoms with Crippen molar-refractivity contribution in [1.82, 2.24) is 20.4 Å². The van der Waals surface area contributed by atoms with Crippen LogP contribution < -0.4 is 15.4 Å². The molecule has 0 unspecified atom stereocenters. The van der Waals surface area contributed by atoms with E-state index in [4.69, 9.17) is 9.47 Å². The second-order valence-corrected chi connectivity index (χ2v) is 8.95. The van der Waals surface area contributed by atoms with Crippen LogP contribution in [0, 0.1) is 0 Å². The van der Waals surface area contributed by atoms with Gasteiger partial charge < -0.3 is 20.1 Å². The van der Waals surface area contributed by atoms with Crippen LogP contribution in [0.25, 0.3) is 0 Å². The molecular weight excluding hydrogens is 420 g/mol. The van der Waals surface area contributed by atoms with Gasteiger partial charge in [-0.05, 0) is 51.8 Å². The van der Waals surface area contributed by atoms with E-state index in [1.54, 1.807) is 6.92 Å². The Morgan fingerprint density at radius 3 is 2.33 bits per heavy atom. The van der Waals surface area contributed by atoms with Crippen LogP contribution in [-0.4, -0.2) is 73.3 Å². The molecule has 2 heterocycles. The number of nitrogens with zero attached hydrogens (tertiary/aromatic N) is 2. The summed E-state index contributed by atoms with van der Waals surface area (Å²) in [7, 11) is 0. The van der Waals surface area contributed by atoms with Crippen molar-refractivity contribution in [3.63, 3.8) is 0 Å². The molecule has 2 N–H and O–H groups in total. The van der Waals surface area contributed by atoms with Crippen molar-refractivity contribution in [1.29, 1.82) is 0 Å². The Bertz CT molecular complexity index is 844. The van der Waals surface area contributed by atoms with Crippen molar-refractivity contribution in [2.75, 3.05) is 39.3 Å². The highest BCUT2D eigenvalue weighted by Crippen LogP contribution is 2.30. The molecule has 8 heteroatoms. The highest BCUT2D eigenvalue weighted by molar-refractivity contribution is 5.95. The second kappa shape index (κ2) is 11.5. The van der Waals surface area contributed by atoms with Gasteiger partial charge >= 0.3 is 12.0 Å². The summed E-state index contributed by atoms with van der Waals surface area (Å²) in [6.07, 6.45) is 1.19. The van der Waals surface area contributed by atoms with Crippen LogP contribution in [0.4, 0.5) is 4.79 Å². The van der Waals surface area contributed by atoms with Gasteiger partial charge in [-0.25, -0.2) is 9.59 Å². The van der Waals surface area contributed by atoms with Gasteiger partial charge in [0.25, 0.3) is 0 Å². The van der Waals surface area contributed by atoms with Crippen LogP contribution >= 0.6 is 0 Å². The Hall–Kier alpha value is -2.58. The van der Waals surface area contributed by atoms with Crippen molar-refractivity contribution >= 4 is 12.0 Å². The van der Waals surface area contributed by atoms with Gasteiger partial charge in [-0.3, -0.25) is 9.80 Å². The number of piperazine rings is 1. The third-order valence-electron chi connectivity index (χ3n) is 6.24. The zero-order chi connectivity index (χ0) is 24.0. The molecule has 0 radical (unpaired) electrons. The Morgan fingerprint density at radius 1 is 1.09 bits per heavy atom. The smallest absolute Gasteiger partial charge is 0.338 e. The molecule has 1 fully saturated rings. The van der Waals surface area contributed by atoms with E-state index in [2.05, 4.69) is 34.3 Å². The van der Waals surface area contributed by atoms with Gasteiger partial charge in [0.05, 0.1) is 24.3 Å². The van der Waals surface area contributed by atoms with Gasteiger partial charge in [-0.1, -0.05) is 19.1 Å². The number of carbonyl (C=O) groups excluding carboxylic acids is 2. The number of nitrogens with one attached hydrogen (secondary N) is 2. The summed E-state index contributed by atoms with van der Waals surface area (Å²) >= 11 is 0. The van der Waals surface area contributed by atoms with Gasteiger partial charge in [0.15, 0.2) is 0 Å². The van der Waals surface area contributed by atoms with Crippen molar-refractivity contribution in [2.24, 2.45) is 0 Å². The number of carbonyl (C=O) groups is 2. The number of amides is 2. The lowest BCUT2D eigenvalue weighted by atomic mass is 9.94. The number of rotatable bonds is 9. The zero-order valence-corrected chi connectivity index (χ0v) is 20.5. The lowest BCUT2D eigenvalue weighted by Crippen LogP contribution is -2.53. The van der Waals surface area contributed by atoms with Crippen LogP contribution in [0.5, 0.6) is 5.75 Å². The summed E-state index contributed by atoms with van der Waals surface area (Å²) in [5.41, 5.74) is 1.88. The number of benzene rings is 1. The highest BCUT2D eigenvalue weighted by Gasteiger charge is 2.35. The molecule has 2 aliphatic rings. The molecule has 8 nitrogen and oxygen atoms in total. The minimum absolute atomic E-state index is 0.0665. The van der Waals surface area contributed by atoms with E-state index < -0.39 is 12.0 Å². The van der Waals surface area contributed by atoms with Crippen LogP contribution in [0.1, 0.15) is 52.6 Å². The van der Waals surface area contributed by atoms with E-state index in [0.29, 0.717) is 23.9 Å². The standard InChI is InChI=1S/C25H38N4O4/c1-6-18(5)29-14-12-28(13-15-29)16-21-22(24(30)32-7-2)23(27-25(31)26-21)19-8-10-20(11-9-19)33-17(3)4/h8-11,17-18,23H,6-7,12-16H2,1-5H3,(H2,26,27,31)/t18-,23-/m0/s1. The molecule has 2 amide bonds. The first-order valence-corrected chi connectivity index (χ1v) is 12.0. The molecule has 0 bridgehead atoms. The summed E-state index contributed by atoms with van der Waals surface area (Å²) in [5, 5.41) is 5.79. The molecule has 1 aromatic rings. The molecule has 0 aromatic heterocycles. The molecule has 0 spiro atoms. The lowest BCUT2D eigenvalue weighted by Gasteiger charge is -2.39. The number of hydrogen-bond acceptors (Lipinski definition) is 6. The van der Waals surface area contributed by atoms with E-state index in [1.807, 2.05) is 38.1 Å². The lowest BCUT2D eigenvalue weighted by molar-refractivity contribution is -0.139. The molecule has 0 aliphatic carbocycles. The third-order valence-corrected chi connectivity index (χ3v) is 6.24. The van der Waals surface area contributed by atoms with Crippen molar-refractivity contribution in [3.05, 3.63) is 41.1 Å². The van der Waals surface area contributed by atoms with Gasteiger partial charge in [0, 0.05) is 44.5 Å². The number of hydrogen-bond donors (Lipinski definition) is 2. The number of ether oxygens (including phenoxy) is 2. The second-order valence-electron chi connectivity index (χ2n) is 8.95. The first-order chi connectivity index (χ1) is 15.8. The molecular formula is C25H38N4O4. The maximum absolute atomic E-state index is 13.0. The Balaban J connectivity index is 1.84. The first kappa shape index (κ1) is 25.1. The fourth-order valence-electron chi connectivity index (χ4n) is 4.30. The van der Waals surface area contributed by atoms with Crippen molar-refractivity contribution in [3.8, 4) is 5.75 Å². The Labute approximate surface area is 197 Å². The average molecular weight is 459 g/mol. The largest absolute Gasteiger partial charge is 0.491 e. The quantitative estimate of drug-likeness (QED) is 0.554. The van der Waals surface area contributed by atoms with Crippen LogP contribution in [-0.2, 0) is 9.53 Å². The Kier molecular flexibility index (Phi) is 8.74. The molecule has 33 heavy (non-hydrogen) atoms. The maximum Gasteiger partial charge on any atom is 0.338 e. The minimum atomic E-state index is -0.581. The number of esters is 1. The molecule has 1 aromatic carbocycles. The fraction of sp³-hybridized carbons (Fsp3) is 0.600. The van der Waals surface area contributed by atoms with E-state index in [-0.39, 0.29) is 18.7 Å².